The lowest BCUT2D eigenvalue weighted by Crippen LogP contribution is -1.88. The largest absolute Gasteiger partial charge is 0.237 e. The highest BCUT2D eigenvalue weighted by Crippen LogP contribution is 2.11. The highest BCUT2D eigenvalue weighted by atomic mass is 16.2. The molecule has 0 aromatic rings. The Hall–Kier alpha value is -0.0400. The fourth-order valence-electron chi connectivity index (χ4n) is 1.48. The van der Waals surface area contributed by atoms with Crippen molar-refractivity contribution in [3.8, 4) is 0 Å². The first kappa shape index (κ1) is 13.0. The van der Waals surface area contributed by atoms with Crippen molar-refractivity contribution in [3.63, 3.8) is 0 Å². The average Bonchev–Trinajstić information content (AvgIpc) is 2.09. The molecule has 1 atom stereocenters. The summed E-state index contributed by atoms with van der Waals surface area (Å²) in [5.41, 5.74) is 0. The molecule has 78 valence electrons. The molecular formula is C12H24O. The molecule has 0 amide bonds. The van der Waals surface area contributed by atoms with Gasteiger partial charge in [-0.2, -0.15) is 0 Å². The summed E-state index contributed by atoms with van der Waals surface area (Å²) in [6.45, 7) is 6.25. The molecule has 0 heterocycles. The number of hydrogen-bond donors (Lipinski definition) is 0. The van der Waals surface area contributed by atoms with Crippen LogP contribution < -0.4 is 0 Å². The molecule has 13 heavy (non-hydrogen) atoms. The predicted molar refractivity (Wildman–Crippen MR) is 57.0 cm³/mol. The molecule has 0 saturated heterocycles. The van der Waals surface area contributed by atoms with E-state index in [0.717, 1.165) is 12.8 Å². The molecular weight excluding hydrogens is 160 g/mol. The third-order valence-electron chi connectivity index (χ3n) is 2.34. The van der Waals surface area contributed by atoms with Gasteiger partial charge in [0.25, 0.3) is 0 Å². The van der Waals surface area contributed by atoms with Crippen LogP contribution in [-0.2, 0) is 5.11 Å². The molecule has 0 aliphatic carbocycles. The maximum Gasteiger partial charge on any atom is 0.0822 e. The summed E-state index contributed by atoms with van der Waals surface area (Å²) >= 11 is 0. The number of unbranched alkanes of at least 4 members (excludes halogenated alkanes) is 6. The van der Waals surface area contributed by atoms with E-state index in [1.54, 1.807) is 0 Å². The van der Waals surface area contributed by atoms with Crippen molar-refractivity contribution in [1.82, 2.24) is 0 Å². The summed E-state index contributed by atoms with van der Waals surface area (Å²) in [4.78, 5) is 0. The van der Waals surface area contributed by atoms with Crippen LogP contribution in [0.25, 0.3) is 0 Å². The quantitative estimate of drug-likeness (QED) is 0.482. The third kappa shape index (κ3) is 12.0. The zero-order chi connectivity index (χ0) is 9.94. The predicted octanol–water partition coefficient (Wildman–Crippen LogP) is 4.01. The smallest absolute Gasteiger partial charge is 0.0822 e. The van der Waals surface area contributed by atoms with Crippen LogP contribution in [0.3, 0.4) is 0 Å². The first-order valence-electron chi connectivity index (χ1n) is 5.68. The Morgan fingerprint density at radius 2 is 1.38 bits per heavy atom. The highest BCUT2D eigenvalue weighted by Gasteiger charge is 1.94. The van der Waals surface area contributed by atoms with Crippen molar-refractivity contribution in [1.29, 1.82) is 0 Å². The molecule has 0 spiro atoms. The van der Waals surface area contributed by atoms with Crippen LogP contribution in [-0.4, -0.2) is 6.61 Å². The fraction of sp³-hybridized carbons (Fsp3) is 0.917. The van der Waals surface area contributed by atoms with E-state index in [1.807, 2.05) is 0 Å². The zero-order valence-electron chi connectivity index (χ0n) is 9.06. The van der Waals surface area contributed by atoms with E-state index in [0.29, 0.717) is 5.92 Å². The lowest BCUT2D eigenvalue weighted by atomic mass is 10.0. The SMILES string of the molecule is [CH2]C(C)CCCCCCCCC[O]. The second-order valence-electron chi connectivity index (χ2n) is 4.07. The summed E-state index contributed by atoms with van der Waals surface area (Å²) in [6, 6.07) is 0. The van der Waals surface area contributed by atoms with E-state index in [9.17, 15) is 5.11 Å². The molecule has 1 unspecified atom stereocenters. The standard InChI is InChI=1S/C12H24O/c1-12(2)10-8-6-4-3-5-7-9-11-13/h12H,1,3-11H2,2H3. The Morgan fingerprint density at radius 1 is 0.923 bits per heavy atom. The summed E-state index contributed by atoms with van der Waals surface area (Å²) in [7, 11) is 0. The maximum atomic E-state index is 10.1. The van der Waals surface area contributed by atoms with Crippen LogP contribution in [0.1, 0.15) is 58.3 Å². The zero-order valence-corrected chi connectivity index (χ0v) is 9.06. The van der Waals surface area contributed by atoms with Gasteiger partial charge >= 0.3 is 0 Å². The lowest BCUT2D eigenvalue weighted by Gasteiger charge is -2.03. The molecule has 0 saturated carbocycles. The summed E-state index contributed by atoms with van der Waals surface area (Å²) in [5, 5.41) is 10.1. The minimum absolute atomic E-state index is 0.110. The van der Waals surface area contributed by atoms with Gasteiger partial charge in [-0.3, -0.25) is 0 Å². The van der Waals surface area contributed by atoms with Gasteiger partial charge in [-0.15, -0.1) is 0 Å². The van der Waals surface area contributed by atoms with Crippen LogP contribution in [0.5, 0.6) is 0 Å². The molecule has 1 heteroatoms. The molecule has 0 N–H and O–H groups in total. The number of hydrogen-bond acceptors (Lipinski definition) is 0. The van der Waals surface area contributed by atoms with Gasteiger partial charge < -0.3 is 0 Å². The van der Waals surface area contributed by atoms with E-state index in [4.69, 9.17) is 0 Å². The minimum atomic E-state index is 0.110. The lowest BCUT2D eigenvalue weighted by molar-refractivity contribution is 0.186. The third-order valence-corrected chi connectivity index (χ3v) is 2.34. The van der Waals surface area contributed by atoms with Crippen molar-refractivity contribution >= 4 is 0 Å². The van der Waals surface area contributed by atoms with Gasteiger partial charge in [0.1, 0.15) is 0 Å². The van der Waals surface area contributed by atoms with Crippen LogP contribution in [0.2, 0.25) is 0 Å². The summed E-state index contributed by atoms with van der Waals surface area (Å²) in [6.07, 6.45) is 9.84. The molecule has 0 aromatic carbocycles. The van der Waals surface area contributed by atoms with Crippen molar-refractivity contribution in [2.24, 2.45) is 5.92 Å². The first-order valence-corrected chi connectivity index (χ1v) is 5.68. The topological polar surface area (TPSA) is 19.9 Å². The van der Waals surface area contributed by atoms with E-state index in [-0.39, 0.29) is 6.61 Å². The molecule has 0 rings (SSSR count). The highest BCUT2D eigenvalue weighted by molar-refractivity contribution is 4.54. The molecule has 2 radical (unpaired) electrons. The van der Waals surface area contributed by atoms with Crippen molar-refractivity contribution in [2.75, 3.05) is 6.61 Å². The molecule has 0 aliphatic rings. The van der Waals surface area contributed by atoms with E-state index < -0.39 is 0 Å². The van der Waals surface area contributed by atoms with Gasteiger partial charge in [-0.1, -0.05) is 58.8 Å². The van der Waals surface area contributed by atoms with Gasteiger partial charge in [-0.25, -0.2) is 5.11 Å². The summed E-state index contributed by atoms with van der Waals surface area (Å²) < 4.78 is 0. The molecule has 1 nitrogen and oxygen atoms in total. The van der Waals surface area contributed by atoms with Crippen LogP contribution in [0.15, 0.2) is 0 Å². The van der Waals surface area contributed by atoms with Crippen LogP contribution in [0.4, 0.5) is 0 Å². The second-order valence-corrected chi connectivity index (χ2v) is 4.07. The fourth-order valence-corrected chi connectivity index (χ4v) is 1.48. The van der Waals surface area contributed by atoms with Gasteiger partial charge in [-0.05, 0) is 12.3 Å². The van der Waals surface area contributed by atoms with Gasteiger partial charge in [0.05, 0.1) is 6.61 Å². The van der Waals surface area contributed by atoms with Gasteiger partial charge in [0.15, 0.2) is 0 Å². The van der Waals surface area contributed by atoms with Crippen molar-refractivity contribution < 1.29 is 5.11 Å². The Balaban J connectivity index is 2.84. The van der Waals surface area contributed by atoms with Crippen molar-refractivity contribution in [3.05, 3.63) is 6.92 Å². The van der Waals surface area contributed by atoms with E-state index >= 15 is 0 Å². The Labute approximate surface area is 83.5 Å². The Kier molecular flexibility index (Phi) is 10.0. The maximum absolute atomic E-state index is 10.1. The Morgan fingerprint density at radius 3 is 1.85 bits per heavy atom. The Bertz CT molecular complexity index is 89.1. The van der Waals surface area contributed by atoms with Crippen LogP contribution in [0, 0.1) is 12.8 Å². The van der Waals surface area contributed by atoms with Crippen molar-refractivity contribution in [2.45, 2.75) is 58.3 Å². The first-order chi connectivity index (χ1) is 6.27. The summed E-state index contributed by atoms with van der Waals surface area (Å²) in [5.74, 6) is 0.612. The number of rotatable bonds is 9. The second kappa shape index (κ2) is 10.0. The normalized spacial score (nSPS) is 11.1. The molecule has 0 aliphatic heterocycles. The molecule has 0 fully saturated rings. The van der Waals surface area contributed by atoms with Gasteiger partial charge in [0.2, 0.25) is 0 Å². The monoisotopic (exact) mass is 184 g/mol. The van der Waals surface area contributed by atoms with E-state index in [1.165, 1.54) is 38.5 Å². The molecule has 0 aromatic heterocycles. The minimum Gasteiger partial charge on any atom is -0.237 e. The van der Waals surface area contributed by atoms with Crippen LogP contribution >= 0.6 is 0 Å². The van der Waals surface area contributed by atoms with Gasteiger partial charge in [0, 0.05) is 0 Å². The average molecular weight is 184 g/mol. The molecule has 0 bridgehead atoms. The van der Waals surface area contributed by atoms with E-state index in [2.05, 4.69) is 13.8 Å².